The lowest BCUT2D eigenvalue weighted by Gasteiger charge is -2.15. The Balaban J connectivity index is 3.82. The lowest BCUT2D eigenvalue weighted by molar-refractivity contribution is 0.518. The van der Waals surface area contributed by atoms with Gasteiger partial charge >= 0.3 is 0 Å². The third kappa shape index (κ3) is 2.11. The van der Waals surface area contributed by atoms with Crippen LogP contribution in [0.5, 0.6) is 0 Å². The van der Waals surface area contributed by atoms with Gasteiger partial charge in [-0.1, -0.05) is 0 Å². The van der Waals surface area contributed by atoms with Crippen LogP contribution in [0.3, 0.4) is 0 Å². The van der Waals surface area contributed by atoms with Crippen molar-refractivity contribution in [1.29, 1.82) is 0 Å². The second-order valence-electron chi connectivity index (χ2n) is 3.08. The molecule has 0 aliphatic carbocycles. The first-order valence-corrected chi connectivity index (χ1v) is 6.25. The molecule has 0 atom stereocenters. The van der Waals surface area contributed by atoms with Gasteiger partial charge in [-0.2, -0.15) is 0 Å². The summed E-state index contributed by atoms with van der Waals surface area (Å²) in [5.74, 6) is 0. The maximum absolute atomic E-state index is 5.35. The number of hydrogen-bond acceptors (Lipinski definition) is 3. The van der Waals surface area contributed by atoms with Gasteiger partial charge in [0.2, 0.25) is 0 Å². The van der Waals surface area contributed by atoms with Crippen molar-refractivity contribution in [2.24, 2.45) is 0 Å². The lowest BCUT2D eigenvalue weighted by Crippen LogP contribution is -2.18. The molecule has 3 nitrogen and oxygen atoms in total. The van der Waals surface area contributed by atoms with E-state index in [1.807, 2.05) is 34.5 Å². The van der Waals surface area contributed by atoms with Crippen LogP contribution in [0.2, 0.25) is 0 Å². The Hall–Kier alpha value is -0.330. The van der Waals surface area contributed by atoms with Crippen molar-refractivity contribution in [3.8, 4) is 0 Å². The lowest BCUT2D eigenvalue weighted by atomic mass is 10.6. The van der Waals surface area contributed by atoms with Crippen LogP contribution in [-0.2, 0) is 19.6 Å². The van der Waals surface area contributed by atoms with Gasteiger partial charge in [0, 0.05) is 19.6 Å². The molecule has 0 aliphatic heterocycles. The summed E-state index contributed by atoms with van der Waals surface area (Å²) in [6.07, 6.45) is 0. The maximum Gasteiger partial charge on any atom is 0.184 e. The largest absolute Gasteiger partial charge is 0.295 e. The Kier molecular flexibility index (Phi) is 4.36. The van der Waals surface area contributed by atoms with Crippen molar-refractivity contribution in [2.45, 2.75) is 40.4 Å². The molecule has 1 aromatic heterocycles. The van der Waals surface area contributed by atoms with Crippen LogP contribution >= 0.6 is 36.7 Å². The summed E-state index contributed by atoms with van der Waals surface area (Å²) in [5.41, 5.74) is 0. The highest BCUT2D eigenvalue weighted by molar-refractivity contribution is 7.72. The Bertz CT molecular complexity index is 414. The van der Waals surface area contributed by atoms with E-state index in [0.717, 1.165) is 33.9 Å². The van der Waals surface area contributed by atoms with Crippen molar-refractivity contribution in [3.05, 3.63) is 14.3 Å². The van der Waals surface area contributed by atoms with E-state index in [9.17, 15) is 0 Å². The van der Waals surface area contributed by atoms with Gasteiger partial charge in [-0.3, -0.25) is 13.7 Å². The summed E-state index contributed by atoms with van der Waals surface area (Å²) in [7, 11) is 0. The molecule has 6 heteroatoms. The molecule has 1 heterocycles. The smallest absolute Gasteiger partial charge is 0.184 e. The van der Waals surface area contributed by atoms with Gasteiger partial charge in [0.1, 0.15) is 0 Å². The molecule has 0 unspecified atom stereocenters. The van der Waals surface area contributed by atoms with E-state index in [-0.39, 0.29) is 0 Å². The molecule has 0 fully saturated rings. The highest BCUT2D eigenvalue weighted by Gasteiger charge is 2.04. The molecule has 0 amide bonds. The molecule has 0 bridgehead atoms. The molecule has 0 saturated carbocycles. The third-order valence-corrected chi connectivity index (χ3v) is 3.66. The summed E-state index contributed by atoms with van der Waals surface area (Å²) in [4.78, 5) is 0. The van der Waals surface area contributed by atoms with Crippen LogP contribution in [0.1, 0.15) is 20.8 Å². The predicted molar refractivity (Wildman–Crippen MR) is 69.9 cm³/mol. The van der Waals surface area contributed by atoms with Gasteiger partial charge in [-0.25, -0.2) is 0 Å². The fraction of sp³-hybridized carbons (Fsp3) is 0.667. The summed E-state index contributed by atoms with van der Waals surface area (Å²) in [5, 5.41) is 0. The SMILES string of the molecule is CCn1c(=S)n(CC)c(=S)n(CC)c1=S. The average Bonchev–Trinajstić information content (AvgIpc) is 2.19. The Morgan fingerprint density at radius 3 is 1.00 bits per heavy atom. The second-order valence-corrected chi connectivity index (χ2v) is 4.18. The Labute approximate surface area is 105 Å². The molecule has 1 rings (SSSR count). The van der Waals surface area contributed by atoms with Crippen LogP contribution in [-0.4, -0.2) is 13.7 Å². The summed E-state index contributed by atoms with van der Waals surface area (Å²) in [6.45, 7) is 8.46. The summed E-state index contributed by atoms with van der Waals surface area (Å²) in [6, 6.07) is 0. The van der Waals surface area contributed by atoms with Crippen molar-refractivity contribution in [3.63, 3.8) is 0 Å². The minimum absolute atomic E-state index is 0.722. The monoisotopic (exact) mass is 261 g/mol. The number of hydrogen-bond donors (Lipinski definition) is 0. The molecule has 0 N–H and O–H groups in total. The zero-order valence-electron chi connectivity index (χ0n) is 9.19. The van der Waals surface area contributed by atoms with Crippen LogP contribution in [0.25, 0.3) is 0 Å². The van der Waals surface area contributed by atoms with Crippen molar-refractivity contribution < 1.29 is 0 Å². The minimum Gasteiger partial charge on any atom is -0.295 e. The van der Waals surface area contributed by atoms with Crippen LogP contribution in [0.15, 0.2) is 0 Å². The highest BCUT2D eigenvalue weighted by Crippen LogP contribution is 2.03. The molecular weight excluding hydrogens is 246 g/mol. The molecule has 0 saturated heterocycles. The fourth-order valence-corrected chi connectivity index (χ4v) is 2.96. The van der Waals surface area contributed by atoms with E-state index < -0.39 is 0 Å². The van der Waals surface area contributed by atoms with E-state index in [2.05, 4.69) is 0 Å². The van der Waals surface area contributed by atoms with Crippen LogP contribution in [0, 0.1) is 14.3 Å². The molecule has 0 aliphatic rings. The molecule has 0 aromatic carbocycles. The first-order valence-electron chi connectivity index (χ1n) is 5.02. The van der Waals surface area contributed by atoms with Crippen molar-refractivity contribution in [1.82, 2.24) is 13.7 Å². The van der Waals surface area contributed by atoms with Crippen LogP contribution in [0.4, 0.5) is 0 Å². The van der Waals surface area contributed by atoms with Gasteiger partial charge in [-0.15, -0.1) is 0 Å². The Morgan fingerprint density at radius 2 is 0.867 bits per heavy atom. The molecule has 0 radical (unpaired) electrons. The van der Waals surface area contributed by atoms with E-state index in [4.69, 9.17) is 36.7 Å². The number of aromatic nitrogens is 3. The minimum atomic E-state index is 0.722. The zero-order valence-corrected chi connectivity index (χ0v) is 11.6. The van der Waals surface area contributed by atoms with E-state index in [1.54, 1.807) is 0 Å². The topological polar surface area (TPSA) is 14.8 Å². The second kappa shape index (κ2) is 5.14. The standard InChI is InChI=1S/C9H15N3S3/c1-4-10-7(13)11(5-2)9(15)12(6-3)8(10)14/h4-6H2,1-3H3. The maximum atomic E-state index is 5.35. The summed E-state index contributed by atoms with van der Waals surface area (Å²) < 4.78 is 7.98. The van der Waals surface area contributed by atoms with Crippen molar-refractivity contribution in [2.75, 3.05) is 0 Å². The van der Waals surface area contributed by atoms with Gasteiger partial charge < -0.3 is 0 Å². The van der Waals surface area contributed by atoms with Gasteiger partial charge in [0.15, 0.2) is 14.3 Å². The third-order valence-electron chi connectivity index (χ3n) is 2.33. The van der Waals surface area contributed by atoms with Gasteiger partial charge in [0.25, 0.3) is 0 Å². The number of nitrogens with zero attached hydrogens (tertiary/aromatic N) is 3. The van der Waals surface area contributed by atoms with Gasteiger partial charge in [0.05, 0.1) is 0 Å². The van der Waals surface area contributed by atoms with E-state index in [0.29, 0.717) is 0 Å². The molecule has 1 aromatic rings. The number of rotatable bonds is 3. The molecular formula is C9H15N3S3. The summed E-state index contributed by atoms with van der Waals surface area (Å²) >= 11 is 16.1. The normalized spacial score (nSPS) is 10.6. The zero-order chi connectivity index (χ0) is 11.6. The Morgan fingerprint density at radius 1 is 0.667 bits per heavy atom. The molecule has 84 valence electrons. The highest BCUT2D eigenvalue weighted by atomic mass is 32.1. The molecule has 0 spiro atoms. The average molecular weight is 261 g/mol. The molecule has 15 heavy (non-hydrogen) atoms. The quantitative estimate of drug-likeness (QED) is 0.776. The van der Waals surface area contributed by atoms with Crippen molar-refractivity contribution >= 4 is 36.7 Å². The van der Waals surface area contributed by atoms with E-state index >= 15 is 0 Å². The van der Waals surface area contributed by atoms with Gasteiger partial charge in [-0.05, 0) is 57.4 Å². The fourth-order valence-electron chi connectivity index (χ4n) is 1.49. The first-order chi connectivity index (χ1) is 7.08. The predicted octanol–water partition coefficient (Wildman–Crippen LogP) is 3.34. The van der Waals surface area contributed by atoms with Crippen LogP contribution < -0.4 is 0 Å². The van der Waals surface area contributed by atoms with E-state index in [1.165, 1.54) is 0 Å². The first kappa shape index (κ1) is 12.7.